The summed E-state index contributed by atoms with van der Waals surface area (Å²) in [7, 11) is 0. The molecule has 0 atom stereocenters. The van der Waals surface area contributed by atoms with Gasteiger partial charge >= 0.3 is 0 Å². The zero-order valence-electron chi connectivity index (χ0n) is 29.6. The van der Waals surface area contributed by atoms with Crippen LogP contribution < -0.4 is 4.90 Å². The fourth-order valence-electron chi connectivity index (χ4n) is 8.56. The second-order valence-electron chi connectivity index (χ2n) is 14.3. The van der Waals surface area contributed by atoms with Gasteiger partial charge < -0.3 is 4.90 Å². The largest absolute Gasteiger partial charge is 0.309 e. The molecule has 0 N–H and O–H groups in total. The summed E-state index contributed by atoms with van der Waals surface area (Å²) < 4.78 is 0. The Hall–Kier alpha value is -6.44. The average Bonchev–Trinajstić information content (AvgIpc) is 3.19. The maximum atomic E-state index is 2.47. The summed E-state index contributed by atoms with van der Waals surface area (Å²) in [4.78, 5) is 2.47. The molecule has 1 heteroatoms. The van der Waals surface area contributed by atoms with Gasteiger partial charge in [0.1, 0.15) is 0 Å². The van der Waals surface area contributed by atoms with E-state index in [1.807, 2.05) is 0 Å². The van der Waals surface area contributed by atoms with E-state index < -0.39 is 0 Å². The molecule has 0 radical (unpaired) electrons. The van der Waals surface area contributed by atoms with Crippen LogP contribution in [0.15, 0.2) is 158 Å². The second kappa shape index (κ2) is 11.8. The highest BCUT2D eigenvalue weighted by atomic mass is 15.1. The molecule has 0 fully saturated rings. The van der Waals surface area contributed by atoms with E-state index in [0.29, 0.717) is 0 Å². The van der Waals surface area contributed by atoms with Crippen molar-refractivity contribution in [2.45, 2.75) is 20.8 Å². The Kier molecular flexibility index (Phi) is 6.91. The Morgan fingerprint density at radius 2 is 0.712 bits per heavy atom. The lowest BCUT2D eigenvalue weighted by molar-refractivity contribution is 1.30. The van der Waals surface area contributed by atoms with Crippen LogP contribution in [0.2, 0.25) is 0 Å². The van der Waals surface area contributed by atoms with Crippen molar-refractivity contribution in [3.05, 3.63) is 186 Å². The van der Waals surface area contributed by atoms with E-state index >= 15 is 0 Å². The van der Waals surface area contributed by atoms with Gasteiger partial charge in [-0.25, -0.2) is 0 Å². The quantitative estimate of drug-likeness (QED) is 0.101. The number of hydrogen-bond donors (Lipinski definition) is 0. The van der Waals surface area contributed by atoms with Crippen molar-refractivity contribution < 1.29 is 0 Å². The maximum absolute atomic E-state index is 2.47. The lowest BCUT2D eigenvalue weighted by Crippen LogP contribution is -2.11. The lowest BCUT2D eigenvalue weighted by Gasteiger charge is -2.30. The standard InChI is InChI=1S/C51H37N/c1-32-18-22-35(23-19-32)24-25-36-26-30-38(31-27-36)52(37-28-20-33(2)21-29-37)51-45-13-7-6-12-44(45)50-48-43(16-9-17-46(48)51)42-15-8-14-40-34(3)39-10-4-5-11-41(39)49(50)47(40)42/h4-31H,1-3H3/b25-24+. The molecule has 0 unspecified atom stereocenters. The lowest BCUT2D eigenvalue weighted by atomic mass is 9.83. The molecule has 0 heterocycles. The minimum Gasteiger partial charge on any atom is -0.309 e. The van der Waals surface area contributed by atoms with Crippen LogP contribution in [0.3, 0.4) is 0 Å². The third-order valence-corrected chi connectivity index (χ3v) is 11.1. The highest BCUT2D eigenvalue weighted by Gasteiger charge is 2.25. The predicted octanol–water partition coefficient (Wildman–Crippen LogP) is 14.6. The summed E-state index contributed by atoms with van der Waals surface area (Å²) in [5, 5.41) is 15.7. The molecule has 246 valence electrons. The number of benzene rings is 10. The van der Waals surface area contributed by atoms with Gasteiger partial charge in [-0.1, -0.05) is 157 Å². The zero-order valence-corrected chi connectivity index (χ0v) is 29.6. The Balaban J connectivity index is 1.30. The SMILES string of the molecule is Cc1ccc(/C=C/c2ccc(N(c3ccc(C)cc3)c3c4ccccc4c4c5c3cccc5c3cccc5c(C)c6ccccc6c4c53)cc2)cc1. The van der Waals surface area contributed by atoms with Crippen LogP contribution in [0.5, 0.6) is 0 Å². The molecule has 0 saturated carbocycles. The van der Waals surface area contributed by atoms with Gasteiger partial charge in [-0.15, -0.1) is 0 Å². The third kappa shape index (κ3) is 4.63. The smallest absolute Gasteiger partial charge is 0.0619 e. The first kappa shape index (κ1) is 30.4. The van der Waals surface area contributed by atoms with Gasteiger partial charge in [0, 0.05) is 27.5 Å². The first-order valence-electron chi connectivity index (χ1n) is 18.2. The van der Waals surface area contributed by atoms with Gasteiger partial charge in [0.15, 0.2) is 0 Å². The molecule has 10 aromatic rings. The third-order valence-electron chi connectivity index (χ3n) is 11.1. The molecular formula is C51H37N. The summed E-state index contributed by atoms with van der Waals surface area (Å²) in [6.07, 6.45) is 4.39. The Morgan fingerprint density at radius 3 is 1.31 bits per heavy atom. The Morgan fingerprint density at radius 1 is 0.327 bits per heavy atom. The summed E-state index contributed by atoms with van der Waals surface area (Å²) in [5.74, 6) is 0. The van der Waals surface area contributed by atoms with E-state index in [1.54, 1.807) is 0 Å². The summed E-state index contributed by atoms with van der Waals surface area (Å²) >= 11 is 0. The second-order valence-corrected chi connectivity index (χ2v) is 14.3. The summed E-state index contributed by atoms with van der Waals surface area (Å²) in [6, 6.07) is 58.5. The van der Waals surface area contributed by atoms with Gasteiger partial charge in [-0.2, -0.15) is 0 Å². The predicted molar refractivity (Wildman–Crippen MR) is 227 cm³/mol. The van der Waals surface area contributed by atoms with Crippen molar-refractivity contribution in [3.63, 3.8) is 0 Å². The first-order valence-corrected chi connectivity index (χ1v) is 18.2. The van der Waals surface area contributed by atoms with Crippen molar-refractivity contribution >= 4 is 93.8 Å². The normalized spacial score (nSPS) is 12.1. The number of aryl methyl sites for hydroxylation is 3. The number of rotatable bonds is 5. The van der Waals surface area contributed by atoms with Crippen molar-refractivity contribution in [1.29, 1.82) is 0 Å². The van der Waals surface area contributed by atoms with Gasteiger partial charge in [-0.3, -0.25) is 0 Å². The molecule has 0 spiro atoms. The highest BCUT2D eigenvalue weighted by Crippen LogP contribution is 2.52. The molecule has 0 amide bonds. The molecular weight excluding hydrogens is 627 g/mol. The molecule has 0 aliphatic heterocycles. The Labute approximate surface area is 304 Å². The minimum absolute atomic E-state index is 1.13. The maximum Gasteiger partial charge on any atom is 0.0619 e. The monoisotopic (exact) mass is 663 g/mol. The van der Waals surface area contributed by atoms with Gasteiger partial charge in [0.05, 0.1) is 5.69 Å². The average molecular weight is 664 g/mol. The molecule has 10 rings (SSSR count). The highest BCUT2D eigenvalue weighted by molar-refractivity contribution is 6.44. The number of nitrogens with zero attached hydrogens (tertiary/aromatic N) is 1. The topological polar surface area (TPSA) is 3.24 Å². The van der Waals surface area contributed by atoms with E-state index in [2.05, 4.69) is 196 Å². The molecule has 0 aliphatic carbocycles. The number of anilines is 3. The molecule has 0 aromatic heterocycles. The van der Waals surface area contributed by atoms with Crippen LogP contribution >= 0.6 is 0 Å². The Bertz CT molecular complexity index is 3000. The van der Waals surface area contributed by atoms with Gasteiger partial charge in [0.25, 0.3) is 0 Å². The van der Waals surface area contributed by atoms with E-state index in [-0.39, 0.29) is 0 Å². The molecule has 0 saturated heterocycles. The van der Waals surface area contributed by atoms with Crippen molar-refractivity contribution in [2.24, 2.45) is 0 Å². The van der Waals surface area contributed by atoms with Gasteiger partial charge in [0.2, 0.25) is 0 Å². The van der Waals surface area contributed by atoms with Crippen LogP contribution in [0.4, 0.5) is 17.1 Å². The molecule has 52 heavy (non-hydrogen) atoms. The van der Waals surface area contributed by atoms with Crippen LogP contribution in [0.1, 0.15) is 27.8 Å². The van der Waals surface area contributed by atoms with E-state index in [1.165, 1.54) is 98.1 Å². The number of hydrogen-bond acceptors (Lipinski definition) is 1. The van der Waals surface area contributed by atoms with Crippen molar-refractivity contribution in [2.75, 3.05) is 4.90 Å². The van der Waals surface area contributed by atoms with E-state index in [4.69, 9.17) is 0 Å². The summed E-state index contributed by atoms with van der Waals surface area (Å²) in [6.45, 7) is 6.57. The van der Waals surface area contributed by atoms with Crippen LogP contribution in [-0.2, 0) is 0 Å². The molecule has 1 nitrogen and oxygen atoms in total. The molecule has 0 bridgehead atoms. The fourth-order valence-corrected chi connectivity index (χ4v) is 8.56. The fraction of sp³-hybridized carbons (Fsp3) is 0.0588. The minimum atomic E-state index is 1.13. The van der Waals surface area contributed by atoms with Gasteiger partial charge in [-0.05, 0) is 110 Å². The first-order chi connectivity index (χ1) is 25.5. The van der Waals surface area contributed by atoms with Crippen molar-refractivity contribution in [1.82, 2.24) is 0 Å². The van der Waals surface area contributed by atoms with E-state index in [9.17, 15) is 0 Å². The molecule has 0 aliphatic rings. The van der Waals surface area contributed by atoms with E-state index in [0.717, 1.165) is 11.4 Å². The van der Waals surface area contributed by atoms with Crippen LogP contribution in [0.25, 0.3) is 76.8 Å². The zero-order chi connectivity index (χ0) is 34.9. The molecule has 10 aromatic carbocycles. The van der Waals surface area contributed by atoms with Crippen LogP contribution in [0, 0.1) is 20.8 Å². The number of fused-ring (bicyclic) bond motifs is 6. The van der Waals surface area contributed by atoms with Crippen LogP contribution in [-0.4, -0.2) is 0 Å². The van der Waals surface area contributed by atoms with Crippen molar-refractivity contribution in [3.8, 4) is 0 Å². The summed E-state index contributed by atoms with van der Waals surface area (Å²) in [5.41, 5.74) is 9.70.